The highest BCUT2D eigenvalue weighted by molar-refractivity contribution is 9.10. The quantitative estimate of drug-likeness (QED) is 0.883. The normalized spacial score (nSPS) is 28.9. The summed E-state index contributed by atoms with van der Waals surface area (Å²) in [6.07, 6.45) is 2.13. The zero-order valence-corrected chi connectivity index (χ0v) is 11.0. The summed E-state index contributed by atoms with van der Waals surface area (Å²) in [5.41, 5.74) is 0.0247. The van der Waals surface area contributed by atoms with Crippen molar-refractivity contribution < 1.29 is 15.0 Å². The maximum Gasteiger partial charge on any atom is 0.306 e. The highest BCUT2D eigenvalue weighted by atomic mass is 79.9. The molecule has 0 unspecified atom stereocenters. The van der Waals surface area contributed by atoms with Crippen molar-refractivity contribution in [1.82, 2.24) is 0 Å². The second-order valence-corrected chi connectivity index (χ2v) is 5.57. The van der Waals surface area contributed by atoms with E-state index in [1.165, 1.54) is 0 Å². The molecule has 1 aromatic carbocycles. The van der Waals surface area contributed by atoms with Crippen molar-refractivity contribution in [1.29, 1.82) is 0 Å². The molecular weight excluding hydrogens is 284 g/mol. The molecule has 2 N–H and O–H groups in total. The number of carboxylic acids is 1. The summed E-state index contributed by atoms with van der Waals surface area (Å²) in [6, 6.07) is 7.59. The first-order valence-electron chi connectivity index (χ1n) is 5.72. The van der Waals surface area contributed by atoms with Gasteiger partial charge in [-0.25, -0.2) is 0 Å². The first kappa shape index (κ1) is 12.6. The number of hydrogen-bond acceptors (Lipinski definition) is 2. The Bertz CT molecular complexity index is 405. The summed E-state index contributed by atoms with van der Waals surface area (Å²) < 4.78 is 0.976. The van der Waals surface area contributed by atoms with E-state index in [9.17, 15) is 9.90 Å². The molecule has 0 radical (unpaired) electrons. The number of aliphatic hydroxyl groups is 1. The molecule has 1 aromatic rings. The van der Waals surface area contributed by atoms with Gasteiger partial charge in [-0.05, 0) is 43.4 Å². The van der Waals surface area contributed by atoms with Crippen LogP contribution in [0.4, 0.5) is 0 Å². The van der Waals surface area contributed by atoms with Crippen LogP contribution in [-0.4, -0.2) is 16.2 Å². The fourth-order valence-corrected chi connectivity index (χ4v) is 2.66. The van der Waals surface area contributed by atoms with Crippen molar-refractivity contribution in [2.45, 2.75) is 31.3 Å². The van der Waals surface area contributed by atoms with E-state index in [-0.39, 0.29) is 5.92 Å². The third kappa shape index (κ3) is 2.69. The van der Waals surface area contributed by atoms with Gasteiger partial charge in [0, 0.05) is 4.47 Å². The van der Waals surface area contributed by atoms with Crippen LogP contribution in [0, 0.1) is 5.92 Å². The van der Waals surface area contributed by atoms with E-state index in [2.05, 4.69) is 15.9 Å². The van der Waals surface area contributed by atoms with E-state index in [0.29, 0.717) is 25.7 Å². The Balaban J connectivity index is 2.11. The van der Waals surface area contributed by atoms with Crippen molar-refractivity contribution in [3.63, 3.8) is 0 Å². The van der Waals surface area contributed by atoms with Gasteiger partial charge in [-0.3, -0.25) is 4.79 Å². The summed E-state index contributed by atoms with van der Waals surface area (Å²) in [5.74, 6) is -1.05. The van der Waals surface area contributed by atoms with Crippen molar-refractivity contribution >= 4 is 21.9 Å². The van der Waals surface area contributed by atoms with Gasteiger partial charge in [-0.1, -0.05) is 28.1 Å². The summed E-state index contributed by atoms with van der Waals surface area (Å²) >= 11 is 3.36. The summed E-state index contributed by atoms with van der Waals surface area (Å²) in [5, 5.41) is 19.5. The molecule has 17 heavy (non-hydrogen) atoms. The van der Waals surface area contributed by atoms with Crippen molar-refractivity contribution in [2.75, 3.05) is 0 Å². The number of carboxylic acid groups (broad SMARTS) is 1. The third-order valence-corrected chi connectivity index (χ3v) is 4.07. The van der Waals surface area contributed by atoms with Gasteiger partial charge in [0.25, 0.3) is 0 Å². The molecule has 1 fully saturated rings. The lowest BCUT2D eigenvalue weighted by molar-refractivity contribution is -0.145. The van der Waals surface area contributed by atoms with Gasteiger partial charge in [0.1, 0.15) is 0 Å². The largest absolute Gasteiger partial charge is 0.481 e. The van der Waals surface area contributed by atoms with E-state index < -0.39 is 11.6 Å². The van der Waals surface area contributed by atoms with Crippen LogP contribution in [0.1, 0.15) is 31.2 Å². The first-order chi connectivity index (χ1) is 8.01. The maximum atomic E-state index is 10.9. The molecule has 0 amide bonds. The van der Waals surface area contributed by atoms with E-state index in [0.717, 1.165) is 10.0 Å². The molecule has 4 heteroatoms. The summed E-state index contributed by atoms with van der Waals surface area (Å²) in [7, 11) is 0. The number of carbonyl (C=O) groups is 1. The number of benzene rings is 1. The fourth-order valence-electron chi connectivity index (χ4n) is 2.39. The zero-order chi connectivity index (χ0) is 12.5. The van der Waals surface area contributed by atoms with Crippen LogP contribution < -0.4 is 0 Å². The maximum absolute atomic E-state index is 10.9. The van der Waals surface area contributed by atoms with Gasteiger partial charge >= 0.3 is 5.97 Å². The minimum Gasteiger partial charge on any atom is -0.481 e. The Morgan fingerprint density at radius 3 is 2.24 bits per heavy atom. The topological polar surface area (TPSA) is 57.5 Å². The van der Waals surface area contributed by atoms with Crippen molar-refractivity contribution in [2.24, 2.45) is 5.92 Å². The molecule has 1 saturated carbocycles. The average molecular weight is 299 g/mol. The standard InChI is InChI=1S/C13H15BrO3/c14-11-3-1-10(2-4-11)13(17)7-5-9(6-8-13)12(15)16/h1-4,9,17H,5-8H2,(H,15,16). The number of halogens is 1. The van der Waals surface area contributed by atoms with E-state index in [1.807, 2.05) is 24.3 Å². The lowest BCUT2D eigenvalue weighted by Crippen LogP contribution is -2.33. The molecule has 2 rings (SSSR count). The molecule has 0 spiro atoms. The molecule has 0 aliphatic heterocycles. The second-order valence-electron chi connectivity index (χ2n) is 4.65. The van der Waals surface area contributed by atoms with E-state index >= 15 is 0 Å². The third-order valence-electron chi connectivity index (χ3n) is 3.54. The molecule has 1 aliphatic carbocycles. The lowest BCUT2D eigenvalue weighted by Gasteiger charge is -2.35. The van der Waals surface area contributed by atoms with Gasteiger partial charge < -0.3 is 10.2 Å². The molecule has 0 aromatic heterocycles. The van der Waals surface area contributed by atoms with Crippen LogP contribution in [0.15, 0.2) is 28.7 Å². The molecular formula is C13H15BrO3. The Morgan fingerprint density at radius 2 is 1.76 bits per heavy atom. The van der Waals surface area contributed by atoms with Crippen LogP contribution in [0.5, 0.6) is 0 Å². The first-order valence-corrected chi connectivity index (χ1v) is 6.52. The van der Waals surface area contributed by atoms with Crippen LogP contribution in [0.25, 0.3) is 0 Å². The Morgan fingerprint density at radius 1 is 1.24 bits per heavy atom. The minimum absolute atomic E-state index is 0.300. The van der Waals surface area contributed by atoms with Gasteiger partial charge in [-0.15, -0.1) is 0 Å². The molecule has 1 aliphatic rings. The molecule has 0 bridgehead atoms. The molecule has 0 saturated heterocycles. The van der Waals surface area contributed by atoms with Gasteiger partial charge in [0.05, 0.1) is 11.5 Å². The number of aliphatic carboxylic acids is 1. The van der Waals surface area contributed by atoms with E-state index in [4.69, 9.17) is 5.11 Å². The van der Waals surface area contributed by atoms with Crippen LogP contribution in [0.3, 0.4) is 0 Å². The van der Waals surface area contributed by atoms with Gasteiger partial charge in [0.2, 0.25) is 0 Å². The predicted molar refractivity (Wildman–Crippen MR) is 67.6 cm³/mol. The van der Waals surface area contributed by atoms with Gasteiger partial charge in [-0.2, -0.15) is 0 Å². The molecule has 92 valence electrons. The Kier molecular flexibility index (Phi) is 3.54. The number of rotatable bonds is 2. The van der Waals surface area contributed by atoms with Crippen LogP contribution in [-0.2, 0) is 10.4 Å². The Labute approximate surface area is 109 Å². The Hall–Kier alpha value is -0.870. The highest BCUT2D eigenvalue weighted by Gasteiger charge is 2.36. The lowest BCUT2D eigenvalue weighted by atomic mass is 9.75. The summed E-state index contributed by atoms with van der Waals surface area (Å²) in [4.78, 5) is 10.9. The fraction of sp³-hybridized carbons (Fsp3) is 0.462. The van der Waals surface area contributed by atoms with Crippen LogP contribution >= 0.6 is 15.9 Å². The summed E-state index contributed by atoms with van der Waals surface area (Å²) in [6.45, 7) is 0. The molecule has 0 heterocycles. The predicted octanol–water partition coefficient (Wildman–Crippen LogP) is 2.91. The average Bonchev–Trinajstić information content (AvgIpc) is 2.30. The molecule has 3 nitrogen and oxygen atoms in total. The highest BCUT2D eigenvalue weighted by Crippen LogP contribution is 2.39. The SMILES string of the molecule is O=C(O)C1CCC(O)(c2ccc(Br)cc2)CC1. The smallest absolute Gasteiger partial charge is 0.306 e. The van der Waals surface area contributed by atoms with Gasteiger partial charge in [0.15, 0.2) is 0 Å². The van der Waals surface area contributed by atoms with Crippen molar-refractivity contribution in [3.8, 4) is 0 Å². The van der Waals surface area contributed by atoms with E-state index in [1.54, 1.807) is 0 Å². The van der Waals surface area contributed by atoms with Crippen LogP contribution in [0.2, 0.25) is 0 Å². The monoisotopic (exact) mass is 298 g/mol. The minimum atomic E-state index is -0.855. The second kappa shape index (κ2) is 4.78. The molecule has 0 atom stereocenters. The zero-order valence-electron chi connectivity index (χ0n) is 9.40. The number of hydrogen-bond donors (Lipinski definition) is 2. The van der Waals surface area contributed by atoms with Crippen molar-refractivity contribution in [3.05, 3.63) is 34.3 Å².